The number of carboxylic acid groups (broad SMARTS) is 1. The van der Waals surface area contributed by atoms with Crippen molar-refractivity contribution >= 4 is 28.3 Å². The minimum Gasteiger partial charge on any atom is -0.480 e. The first kappa shape index (κ1) is 23.2. The summed E-state index contributed by atoms with van der Waals surface area (Å²) >= 11 is 1.62. The zero-order valence-electron chi connectivity index (χ0n) is 18.6. The van der Waals surface area contributed by atoms with Gasteiger partial charge < -0.3 is 15.3 Å². The molecule has 0 unspecified atom stereocenters. The highest BCUT2D eigenvalue weighted by Gasteiger charge is 2.14. The normalized spacial score (nSPS) is 10.6. The summed E-state index contributed by atoms with van der Waals surface area (Å²) in [6.45, 7) is 1.04. The molecule has 0 aliphatic carbocycles. The third-order valence-electron chi connectivity index (χ3n) is 5.34. The van der Waals surface area contributed by atoms with Gasteiger partial charge in [-0.15, -0.1) is 11.3 Å². The van der Waals surface area contributed by atoms with Gasteiger partial charge in [-0.25, -0.2) is 4.98 Å². The van der Waals surface area contributed by atoms with Crippen LogP contribution in [0, 0.1) is 0 Å². The number of anilines is 1. The number of nitrogens with zero attached hydrogens (tertiary/aromatic N) is 2. The van der Waals surface area contributed by atoms with Crippen molar-refractivity contribution in [2.75, 3.05) is 18.0 Å². The number of hydrogen-bond acceptors (Lipinski definition) is 5. The Morgan fingerprint density at radius 1 is 0.882 bits per heavy atom. The van der Waals surface area contributed by atoms with Gasteiger partial charge in [-0.1, -0.05) is 72.8 Å². The molecule has 4 aromatic rings. The minimum atomic E-state index is -1.07. The molecule has 0 aliphatic rings. The molecule has 1 amide bonds. The first-order chi connectivity index (χ1) is 16.6. The van der Waals surface area contributed by atoms with E-state index in [2.05, 4.69) is 39.9 Å². The molecule has 4 rings (SSSR count). The molecule has 0 aliphatic heterocycles. The summed E-state index contributed by atoms with van der Waals surface area (Å²) in [6, 6.07) is 27.7. The van der Waals surface area contributed by atoms with Crippen LogP contribution in [-0.2, 0) is 17.8 Å². The summed E-state index contributed by atoms with van der Waals surface area (Å²) in [4.78, 5) is 29.9. The summed E-state index contributed by atoms with van der Waals surface area (Å²) < 4.78 is 0. The van der Waals surface area contributed by atoms with Gasteiger partial charge in [0.2, 0.25) is 0 Å². The van der Waals surface area contributed by atoms with E-state index in [1.54, 1.807) is 23.5 Å². The van der Waals surface area contributed by atoms with Crippen molar-refractivity contribution in [2.24, 2.45) is 0 Å². The molecular weight excluding hydrogens is 446 g/mol. The Kier molecular flexibility index (Phi) is 7.67. The van der Waals surface area contributed by atoms with Crippen molar-refractivity contribution in [3.05, 3.63) is 107 Å². The number of aromatic nitrogens is 1. The highest BCUT2D eigenvalue weighted by molar-refractivity contribution is 7.14. The maximum atomic E-state index is 12.1. The second-order valence-corrected chi connectivity index (χ2v) is 8.65. The Balaban J connectivity index is 1.51. The predicted molar refractivity (Wildman–Crippen MR) is 135 cm³/mol. The number of nitrogens with one attached hydrogen (secondary N) is 1. The average Bonchev–Trinajstić information content (AvgIpc) is 3.37. The second-order valence-electron chi connectivity index (χ2n) is 7.81. The number of benzene rings is 3. The van der Waals surface area contributed by atoms with Crippen LogP contribution in [0.2, 0.25) is 0 Å². The van der Waals surface area contributed by atoms with Crippen LogP contribution in [-0.4, -0.2) is 35.1 Å². The lowest BCUT2D eigenvalue weighted by molar-refractivity contribution is -0.135. The van der Waals surface area contributed by atoms with Crippen molar-refractivity contribution in [1.29, 1.82) is 0 Å². The van der Waals surface area contributed by atoms with Crippen molar-refractivity contribution in [3.8, 4) is 11.3 Å². The van der Waals surface area contributed by atoms with E-state index >= 15 is 0 Å². The van der Waals surface area contributed by atoms with Gasteiger partial charge in [0, 0.05) is 29.6 Å². The van der Waals surface area contributed by atoms with Crippen LogP contribution in [0.4, 0.5) is 5.13 Å². The van der Waals surface area contributed by atoms with E-state index in [1.165, 1.54) is 5.56 Å². The maximum Gasteiger partial charge on any atom is 0.322 e. The Morgan fingerprint density at radius 3 is 2.24 bits per heavy atom. The fourth-order valence-corrected chi connectivity index (χ4v) is 4.40. The largest absolute Gasteiger partial charge is 0.480 e. The zero-order chi connectivity index (χ0) is 23.8. The highest BCUT2D eigenvalue weighted by atomic mass is 32.1. The maximum absolute atomic E-state index is 12.1. The summed E-state index contributed by atoms with van der Waals surface area (Å²) in [7, 11) is 0. The molecule has 7 heteroatoms. The Morgan fingerprint density at radius 2 is 1.56 bits per heavy atom. The number of hydrogen-bond donors (Lipinski definition) is 2. The van der Waals surface area contributed by atoms with Crippen LogP contribution in [0.5, 0.6) is 0 Å². The molecule has 0 radical (unpaired) electrons. The fraction of sp³-hybridized carbons (Fsp3) is 0.148. The molecular formula is C27H25N3O3S. The van der Waals surface area contributed by atoms with Crippen molar-refractivity contribution in [1.82, 2.24) is 10.3 Å². The smallest absolute Gasteiger partial charge is 0.322 e. The number of carbonyl (C=O) groups excluding carboxylic acids is 1. The molecule has 172 valence electrons. The van der Waals surface area contributed by atoms with Gasteiger partial charge in [0.15, 0.2) is 5.13 Å². The van der Waals surface area contributed by atoms with Crippen molar-refractivity contribution in [3.63, 3.8) is 0 Å². The molecule has 0 spiro atoms. The fourth-order valence-electron chi connectivity index (χ4n) is 3.54. The van der Waals surface area contributed by atoms with Crippen LogP contribution < -0.4 is 10.2 Å². The average molecular weight is 472 g/mol. The molecule has 1 aromatic heterocycles. The lowest BCUT2D eigenvalue weighted by Crippen LogP contribution is -2.29. The Labute approximate surface area is 202 Å². The monoisotopic (exact) mass is 471 g/mol. The summed E-state index contributed by atoms with van der Waals surface area (Å²) in [5, 5.41) is 14.1. The van der Waals surface area contributed by atoms with E-state index in [-0.39, 0.29) is 0 Å². The van der Waals surface area contributed by atoms with E-state index in [1.807, 2.05) is 48.5 Å². The molecule has 0 saturated heterocycles. The van der Waals surface area contributed by atoms with Crippen LogP contribution in [0.15, 0.2) is 90.3 Å². The number of carboxylic acids is 1. The molecule has 3 aromatic carbocycles. The molecule has 2 N–H and O–H groups in total. The molecule has 6 nitrogen and oxygen atoms in total. The molecule has 0 saturated carbocycles. The van der Waals surface area contributed by atoms with Crippen LogP contribution in [0.1, 0.15) is 21.5 Å². The summed E-state index contributed by atoms with van der Waals surface area (Å²) in [5.41, 5.74) is 4.78. The van der Waals surface area contributed by atoms with E-state index in [9.17, 15) is 9.59 Å². The van der Waals surface area contributed by atoms with Crippen molar-refractivity contribution < 1.29 is 14.7 Å². The molecule has 1 heterocycles. The molecule has 0 fully saturated rings. The number of rotatable bonds is 10. The van der Waals surface area contributed by atoms with Gasteiger partial charge in [-0.05, 0) is 29.7 Å². The number of thiazole rings is 1. The molecule has 0 atom stereocenters. The van der Waals surface area contributed by atoms with E-state index in [4.69, 9.17) is 10.1 Å². The third-order valence-corrected chi connectivity index (χ3v) is 6.24. The van der Waals surface area contributed by atoms with Gasteiger partial charge in [-0.3, -0.25) is 9.59 Å². The van der Waals surface area contributed by atoms with Crippen LogP contribution >= 0.6 is 11.3 Å². The SMILES string of the molecule is O=C(O)CNC(=O)c1ccc(CN(CCc2ccccc2)c2nc(-c3ccccc3)cs2)cc1. The lowest BCUT2D eigenvalue weighted by atomic mass is 10.1. The number of amides is 1. The first-order valence-electron chi connectivity index (χ1n) is 11.0. The van der Waals surface area contributed by atoms with Gasteiger partial charge in [0.1, 0.15) is 6.54 Å². The second kappa shape index (κ2) is 11.2. The molecule has 0 bridgehead atoms. The predicted octanol–water partition coefficient (Wildman–Crippen LogP) is 4.87. The number of aliphatic carboxylic acids is 1. The highest BCUT2D eigenvalue weighted by Crippen LogP contribution is 2.28. The van der Waals surface area contributed by atoms with Gasteiger partial charge in [-0.2, -0.15) is 0 Å². The quantitative estimate of drug-likeness (QED) is 0.345. The Hall–Kier alpha value is -3.97. The summed E-state index contributed by atoms with van der Waals surface area (Å²) in [6.07, 6.45) is 0.886. The van der Waals surface area contributed by atoms with E-state index in [0.29, 0.717) is 12.1 Å². The minimum absolute atomic E-state index is 0.401. The van der Waals surface area contributed by atoms with Crippen molar-refractivity contribution in [2.45, 2.75) is 13.0 Å². The topological polar surface area (TPSA) is 82.5 Å². The lowest BCUT2D eigenvalue weighted by Gasteiger charge is -2.22. The van der Waals surface area contributed by atoms with Crippen LogP contribution in [0.25, 0.3) is 11.3 Å². The summed E-state index contributed by atoms with van der Waals surface area (Å²) in [5.74, 6) is -1.47. The van der Waals surface area contributed by atoms with Gasteiger partial charge in [0.05, 0.1) is 5.69 Å². The van der Waals surface area contributed by atoms with E-state index < -0.39 is 18.4 Å². The van der Waals surface area contributed by atoms with Gasteiger partial charge in [0.25, 0.3) is 5.91 Å². The van der Waals surface area contributed by atoms with Gasteiger partial charge >= 0.3 is 5.97 Å². The van der Waals surface area contributed by atoms with Crippen LogP contribution in [0.3, 0.4) is 0 Å². The zero-order valence-corrected chi connectivity index (χ0v) is 19.4. The Bertz CT molecular complexity index is 1220. The first-order valence-corrected chi connectivity index (χ1v) is 11.9. The number of carbonyl (C=O) groups is 2. The third kappa shape index (κ3) is 6.30. The van der Waals surface area contributed by atoms with E-state index in [0.717, 1.165) is 34.9 Å². The standard InChI is InChI=1S/C27H25N3O3S/c31-25(32)17-28-26(33)23-13-11-21(12-14-23)18-30(16-15-20-7-3-1-4-8-20)27-29-24(19-34-27)22-9-5-2-6-10-22/h1-14,19H,15-18H2,(H,28,33)(H,31,32). The molecule has 34 heavy (non-hydrogen) atoms.